The Bertz CT molecular complexity index is 462. The summed E-state index contributed by atoms with van der Waals surface area (Å²) in [4.78, 5) is 26.4. The van der Waals surface area contributed by atoms with E-state index < -0.39 is 15.8 Å². The Morgan fingerprint density at radius 3 is 2.40 bits per heavy atom. The number of likely N-dealkylation sites (N-methyl/N-ethyl adjacent to an activating group) is 2. The summed E-state index contributed by atoms with van der Waals surface area (Å²) in [6.07, 6.45) is 0.489. The maximum Gasteiger partial charge on any atom is 0.319 e. The molecule has 0 aliphatic carbocycles. The molecule has 7 nitrogen and oxygen atoms in total. The van der Waals surface area contributed by atoms with Crippen molar-refractivity contribution in [2.45, 2.75) is 19.4 Å². The van der Waals surface area contributed by atoms with Gasteiger partial charge >= 0.3 is 5.97 Å². The molecule has 1 heterocycles. The second kappa shape index (κ2) is 7.03. The first-order chi connectivity index (χ1) is 9.29. The third-order valence-electron chi connectivity index (χ3n) is 3.34. The molecular weight excluding hydrogens is 284 g/mol. The van der Waals surface area contributed by atoms with E-state index in [1.165, 1.54) is 7.11 Å². The van der Waals surface area contributed by atoms with Crippen LogP contribution in [0.3, 0.4) is 0 Å². The number of carbonyl (C=O) groups excluding carboxylic acids is 2. The van der Waals surface area contributed by atoms with E-state index in [9.17, 15) is 18.0 Å². The topological polar surface area (TPSA) is 84.0 Å². The smallest absolute Gasteiger partial charge is 0.319 e. The van der Waals surface area contributed by atoms with Crippen LogP contribution in [0.5, 0.6) is 0 Å². The first-order valence-electron chi connectivity index (χ1n) is 6.54. The number of carbonyl (C=O) groups is 2. The zero-order chi connectivity index (χ0) is 15.3. The third-order valence-corrected chi connectivity index (χ3v) is 5.09. The highest BCUT2D eigenvalue weighted by molar-refractivity contribution is 7.91. The van der Waals surface area contributed by atoms with Crippen LogP contribution in [0.4, 0.5) is 0 Å². The van der Waals surface area contributed by atoms with Gasteiger partial charge in [0.15, 0.2) is 9.84 Å². The van der Waals surface area contributed by atoms with Gasteiger partial charge in [-0.15, -0.1) is 0 Å². The van der Waals surface area contributed by atoms with Crippen molar-refractivity contribution in [1.82, 2.24) is 9.80 Å². The molecule has 20 heavy (non-hydrogen) atoms. The summed E-state index contributed by atoms with van der Waals surface area (Å²) < 4.78 is 27.5. The lowest BCUT2D eigenvalue weighted by molar-refractivity contribution is -0.142. The minimum atomic E-state index is -3.02. The number of methoxy groups -OCH3 is 1. The third kappa shape index (κ3) is 4.75. The van der Waals surface area contributed by atoms with E-state index in [0.29, 0.717) is 13.0 Å². The van der Waals surface area contributed by atoms with Crippen LogP contribution in [-0.4, -0.2) is 81.4 Å². The van der Waals surface area contributed by atoms with E-state index >= 15 is 0 Å². The lowest BCUT2D eigenvalue weighted by atomic mass is 10.2. The highest BCUT2D eigenvalue weighted by Gasteiger charge is 2.34. The zero-order valence-electron chi connectivity index (χ0n) is 12.2. The molecule has 1 atom stereocenters. The predicted octanol–water partition coefficient (Wildman–Crippen LogP) is -0.873. The first kappa shape index (κ1) is 16.9. The van der Waals surface area contributed by atoms with Gasteiger partial charge in [0.25, 0.3) is 0 Å². The maximum atomic E-state index is 12.2. The average molecular weight is 306 g/mol. The summed E-state index contributed by atoms with van der Waals surface area (Å²) in [5, 5.41) is 0. The molecule has 1 amide bonds. The van der Waals surface area contributed by atoms with E-state index in [2.05, 4.69) is 4.74 Å². The number of hydrogen-bond donors (Lipinski definition) is 0. The molecule has 0 spiro atoms. The number of hydrogen-bond acceptors (Lipinski definition) is 6. The molecule has 116 valence electrons. The monoisotopic (exact) mass is 306 g/mol. The van der Waals surface area contributed by atoms with Crippen molar-refractivity contribution in [3.8, 4) is 0 Å². The minimum Gasteiger partial charge on any atom is -0.468 e. The molecule has 1 saturated heterocycles. The van der Waals surface area contributed by atoms with E-state index in [0.717, 1.165) is 0 Å². The average Bonchev–Trinajstić information content (AvgIpc) is 2.70. The van der Waals surface area contributed by atoms with E-state index in [-0.39, 0.29) is 36.5 Å². The lowest BCUT2D eigenvalue weighted by Gasteiger charge is -2.28. The van der Waals surface area contributed by atoms with Gasteiger partial charge in [-0.3, -0.25) is 14.5 Å². The fourth-order valence-electron chi connectivity index (χ4n) is 2.32. The zero-order valence-corrected chi connectivity index (χ0v) is 13.0. The second-order valence-corrected chi connectivity index (χ2v) is 7.21. The number of ether oxygens (including phenoxy) is 1. The van der Waals surface area contributed by atoms with Gasteiger partial charge in [-0.1, -0.05) is 0 Å². The van der Waals surface area contributed by atoms with Crippen LogP contribution in [0, 0.1) is 0 Å². The molecule has 0 saturated carbocycles. The molecular formula is C12H22N2O5S. The molecule has 1 aliphatic heterocycles. The van der Waals surface area contributed by atoms with Crippen LogP contribution >= 0.6 is 0 Å². The van der Waals surface area contributed by atoms with Gasteiger partial charge in [0.2, 0.25) is 5.91 Å². The van der Waals surface area contributed by atoms with Gasteiger partial charge in [-0.05, 0) is 20.4 Å². The van der Waals surface area contributed by atoms with Crippen LogP contribution in [0.2, 0.25) is 0 Å². The number of nitrogens with zero attached hydrogens (tertiary/aromatic N) is 2. The van der Waals surface area contributed by atoms with Gasteiger partial charge in [0, 0.05) is 12.6 Å². The van der Waals surface area contributed by atoms with Crippen molar-refractivity contribution in [3.63, 3.8) is 0 Å². The highest BCUT2D eigenvalue weighted by Crippen LogP contribution is 2.17. The summed E-state index contributed by atoms with van der Waals surface area (Å²) in [6.45, 7) is 2.39. The highest BCUT2D eigenvalue weighted by atomic mass is 32.2. The van der Waals surface area contributed by atoms with E-state index in [4.69, 9.17) is 0 Å². The van der Waals surface area contributed by atoms with Crippen molar-refractivity contribution in [1.29, 1.82) is 0 Å². The summed E-state index contributed by atoms with van der Waals surface area (Å²) in [7, 11) is -0.0789. The molecule has 1 fully saturated rings. The molecule has 0 N–H and O–H groups in total. The van der Waals surface area contributed by atoms with Gasteiger partial charge < -0.3 is 9.64 Å². The van der Waals surface area contributed by atoms with Crippen molar-refractivity contribution in [2.24, 2.45) is 0 Å². The van der Waals surface area contributed by atoms with E-state index in [1.54, 1.807) is 16.8 Å². The second-order valence-electron chi connectivity index (χ2n) is 4.99. The van der Waals surface area contributed by atoms with Crippen LogP contribution < -0.4 is 0 Å². The molecule has 1 unspecified atom stereocenters. The molecule has 0 aromatic rings. The summed E-state index contributed by atoms with van der Waals surface area (Å²) in [5.41, 5.74) is 0. The number of rotatable bonds is 6. The van der Waals surface area contributed by atoms with Crippen LogP contribution in [0.25, 0.3) is 0 Å². The van der Waals surface area contributed by atoms with Crippen LogP contribution in [0.15, 0.2) is 0 Å². The van der Waals surface area contributed by atoms with Crippen molar-refractivity contribution in [3.05, 3.63) is 0 Å². The Balaban J connectivity index is 2.57. The van der Waals surface area contributed by atoms with Crippen molar-refractivity contribution >= 4 is 21.7 Å². The largest absolute Gasteiger partial charge is 0.468 e. The molecule has 0 aromatic heterocycles. The van der Waals surface area contributed by atoms with E-state index in [1.807, 2.05) is 6.92 Å². The van der Waals surface area contributed by atoms with Crippen molar-refractivity contribution in [2.75, 3.05) is 45.3 Å². The summed E-state index contributed by atoms with van der Waals surface area (Å²) >= 11 is 0. The summed E-state index contributed by atoms with van der Waals surface area (Å²) in [5.74, 6) is -0.403. The summed E-state index contributed by atoms with van der Waals surface area (Å²) in [6, 6.07) is -0.246. The van der Waals surface area contributed by atoms with Crippen LogP contribution in [0.1, 0.15) is 13.3 Å². The molecule has 0 bridgehead atoms. The molecule has 1 aliphatic rings. The number of sulfone groups is 1. The normalized spacial score (nSPS) is 20.9. The van der Waals surface area contributed by atoms with Crippen LogP contribution in [-0.2, 0) is 24.2 Å². The fraction of sp³-hybridized carbons (Fsp3) is 0.833. The van der Waals surface area contributed by atoms with Gasteiger partial charge in [0.1, 0.15) is 0 Å². The quantitative estimate of drug-likeness (QED) is 0.593. The molecule has 0 radical (unpaired) electrons. The molecule has 1 rings (SSSR count). The predicted molar refractivity (Wildman–Crippen MR) is 74.0 cm³/mol. The standard InChI is InChI=1S/C12H22N2O5S/c1-4-14(10-5-6-20(17,18)9-10)11(15)7-13(2)8-12(16)19-3/h10H,4-9H2,1-3H3. The Morgan fingerprint density at radius 1 is 1.30 bits per heavy atom. The fourth-order valence-corrected chi connectivity index (χ4v) is 4.05. The Labute approximate surface area is 119 Å². The Kier molecular flexibility index (Phi) is 5.94. The van der Waals surface area contributed by atoms with Gasteiger partial charge in [-0.2, -0.15) is 0 Å². The van der Waals surface area contributed by atoms with Gasteiger partial charge in [0.05, 0.1) is 31.7 Å². The Hall–Kier alpha value is -1.15. The maximum absolute atomic E-state index is 12.2. The Morgan fingerprint density at radius 2 is 1.95 bits per heavy atom. The van der Waals surface area contributed by atoms with Crippen molar-refractivity contribution < 1.29 is 22.7 Å². The van der Waals surface area contributed by atoms with Gasteiger partial charge in [-0.25, -0.2) is 8.42 Å². The molecule has 8 heteroatoms. The SMILES string of the molecule is CCN(C(=O)CN(C)CC(=O)OC)C1CCS(=O)(=O)C1. The number of esters is 1. The molecule has 0 aromatic carbocycles. The first-order valence-corrected chi connectivity index (χ1v) is 8.36. The minimum absolute atomic E-state index is 0.0305. The lowest BCUT2D eigenvalue weighted by Crippen LogP contribution is -2.46. The number of amides is 1.